The van der Waals surface area contributed by atoms with Gasteiger partial charge in [0.1, 0.15) is 11.7 Å². The van der Waals surface area contributed by atoms with Gasteiger partial charge in [0.05, 0.1) is 12.6 Å². The van der Waals surface area contributed by atoms with Crippen molar-refractivity contribution in [2.45, 2.75) is 65.3 Å². The monoisotopic (exact) mass is 797 g/mol. The maximum absolute atomic E-state index is 5.99. The van der Waals surface area contributed by atoms with Gasteiger partial charge < -0.3 is 14.2 Å². The molecule has 0 N–H and O–H groups in total. The van der Waals surface area contributed by atoms with E-state index in [0.717, 1.165) is 45.0 Å². The van der Waals surface area contributed by atoms with Crippen molar-refractivity contribution in [1.29, 1.82) is 0 Å². The van der Waals surface area contributed by atoms with Crippen molar-refractivity contribution < 1.29 is 25.8 Å². The summed E-state index contributed by atoms with van der Waals surface area (Å²) < 4.78 is 8.27. The summed E-state index contributed by atoms with van der Waals surface area (Å²) in [5.41, 5.74) is 10.7. The van der Waals surface area contributed by atoms with Gasteiger partial charge in [-0.05, 0) is 64.2 Å². The molecule has 0 radical (unpaired) electrons. The Labute approximate surface area is 291 Å². The van der Waals surface area contributed by atoms with E-state index in [1.807, 2.05) is 6.20 Å². The number of aromatic nitrogens is 2. The fourth-order valence-electron chi connectivity index (χ4n) is 7.09. The summed E-state index contributed by atoms with van der Waals surface area (Å²) >= 11 is 0. The number of aryl methyl sites for hydroxylation is 1. The Morgan fingerprint density at radius 3 is 2.43 bits per heavy atom. The van der Waals surface area contributed by atoms with Gasteiger partial charge in [0.15, 0.2) is 0 Å². The number of ether oxygens (including phenoxy) is 1. The number of rotatable bonds is 3. The van der Waals surface area contributed by atoms with Crippen molar-refractivity contribution in [3.8, 4) is 5.82 Å². The van der Waals surface area contributed by atoms with E-state index in [0.29, 0.717) is 12.5 Å². The van der Waals surface area contributed by atoms with Crippen molar-refractivity contribution in [3.63, 3.8) is 0 Å². The summed E-state index contributed by atoms with van der Waals surface area (Å²) in [7, 11) is 0. The molecule has 1 atom stereocenters. The van der Waals surface area contributed by atoms with Gasteiger partial charge in [0.2, 0.25) is 0 Å². The molecule has 0 amide bonds. The fourth-order valence-corrected chi connectivity index (χ4v) is 7.09. The predicted molar refractivity (Wildman–Crippen MR) is 188 cm³/mol. The van der Waals surface area contributed by atoms with E-state index in [4.69, 9.17) is 14.7 Å². The molecule has 0 spiro atoms. The molecule has 0 fully saturated rings. The second-order valence-electron chi connectivity index (χ2n) is 14.3. The Balaban J connectivity index is 0.00000351. The van der Waals surface area contributed by atoms with Crippen molar-refractivity contribution >= 4 is 44.8 Å². The van der Waals surface area contributed by atoms with Crippen LogP contribution in [0.3, 0.4) is 0 Å². The smallest absolute Gasteiger partial charge is 0.518 e. The SMILES string of the molecule is Cc1cc(C2=N[C@H](C)CO2)[c-]c(N2c3[c-]c4c(cc3C(C)(C)c3ccccc32)c2ccccc2n4-c2cc(C(C)(C)C)ccn2)c1.[Pt+2]. The molecule has 5 nitrogen and oxygen atoms in total. The molecular formula is C41H38N4OPt. The molecule has 47 heavy (non-hydrogen) atoms. The number of fused-ring (bicyclic) bond motifs is 5. The van der Waals surface area contributed by atoms with E-state index in [9.17, 15) is 0 Å². The van der Waals surface area contributed by atoms with E-state index in [1.165, 1.54) is 27.5 Å². The van der Waals surface area contributed by atoms with Gasteiger partial charge in [-0.15, -0.1) is 40.8 Å². The van der Waals surface area contributed by atoms with Crippen LogP contribution < -0.4 is 4.90 Å². The largest absolute Gasteiger partial charge is 2.00 e. The van der Waals surface area contributed by atoms with Gasteiger partial charge in [0.25, 0.3) is 0 Å². The van der Waals surface area contributed by atoms with E-state index < -0.39 is 0 Å². The summed E-state index contributed by atoms with van der Waals surface area (Å²) in [6, 6.07) is 36.2. The minimum atomic E-state index is -0.262. The first-order valence-electron chi connectivity index (χ1n) is 16.1. The molecule has 0 aliphatic carbocycles. The normalized spacial score (nSPS) is 16.8. The van der Waals surface area contributed by atoms with Gasteiger partial charge in [-0.1, -0.05) is 94.7 Å². The Morgan fingerprint density at radius 1 is 0.894 bits per heavy atom. The number of aliphatic imine (C=N–C) groups is 1. The molecule has 0 saturated carbocycles. The standard InChI is InChI=1S/C41H38N4O.Pt/c1-25-18-27(39-43-26(2)24-46-39)20-29(19-25)44-35-15-11-9-13-32(35)41(6,7)33-22-31-30-12-8-10-14-34(30)45(36(31)23-37(33)44)38-21-28(16-17-42-38)40(3,4)5;/h8-19,21-22,26H,24H2,1-7H3;/q-2;+2/t26-;/m1./s1. The molecule has 8 rings (SSSR count). The molecule has 0 unspecified atom stereocenters. The molecule has 238 valence electrons. The Kier molecular flexibility index (Phi) is 7.48. The second kappa shape index (κ2) is 11.2. The topological polar surface area (TPSA) is 42.6 Å². The van der Waals surface area contributed by atoms with Gasteiger partial charge >= 0.3 is 21.1 Å². The second-order valence-corrected chi connectivity index (χ2v) is 14.3. The summed E-state index contributed by atoms with van der Waals surface area (Å²) in [5.74, 6) is 1.56. The number of nitrogens with zero attached hydrogens (tertiary/aromatic N) is 4. The minimum absolute atomic E-state index is 0. The number of benzene rings is 4. The van der Waals surface area contributed by atoms with Crippen LogP contribution in [0.1, 0.15) is 69.4 Å². The minimum Gasteiger partial charge on any atom is -0.518 e. The van der Waals surface area contributed by atoms with Crippen LogP contribution in [0.5, 0.6) is 0 Å². The molecule has 2 aromatic heterocycles. The average molecular weight is 798 g/mol. The maximum Gasteiger partial charge on any atom is 2.00 e. The van der Waals surface area contributed by atoms with E-state index >= 15 is 0 Å². The summed E-state index contributed by atoms with van der Waals surface area (Å²) in [6.45, 7) is 16.2. The van der Waals surface area contributed by atoms with Crippen molar-refractivity contribution in [2.24, 2.45) is 4.99 Å². The van der Waals surface area contributed by atoms with Crippen molar-refractivity contribution in [3.05, 3.63) is 125 Å². The van der Waals surface area contributed by atoms with Crippen LogP contribution >= 0.6 is 0 Å². The van der Waals surface area contributed by atoms with E-state index in [1.54, 1.807) is 0 Å². The molecule has 4 aromatic carbocycles. The molecule has 4 heterocycles. The predicted octanol–water partition coefficient (Wildman–Crippen LogP) is 9.66. The number of pyridine rings is 1. The first-order chi connectivity index (χ1) is 22.0. The Hall–Kier alpha value is -4.21. The van der Waals surface area contributed by atoms with Crippen LogP contribution in [0, 0.1) is 19.1 Å². The third kappa shape index (κ3) is 5.02. The van der Waals surface area contributed by atoms with Crippen molar-refractivity contribution in [2.75, 3.05) is 11.5 Å². The molecular weight excluding hydrogens is 760 g/mol. The van der Waals surface area contributed by atoms with E-state index in [2.05, 4.69) is 149 Å². The molecule has 0 bridgehead atoms. The Bertz CT molecular complexity index is 2220. The zero-order valence-corrected chi connectivity index (χ0v) is 30.2. The van der Waals surface area contributed by atoms with Crippen LogP contribution in [-0.2, 0) is 36.6 Å². The number of anilines is 3. The van der Waals surface area contributed by atoms with Crippen molar-refractivity contribution in [1.82, 2.24) is 9.55 Å². The molecule has 6 aromatic rings. The zero-order valence-electron chi connectivity index (χ0n) is 27.9. The molecule has 6 heteroatoms. The average Bonchev–Trinajstić information content (AvgIpc) is 3.61. The number of para-hydroxylation sites is 2. The molecule has 0 saturated heterocycles. The van der Waals surface area contributed by atoms with Gasteiger partial charge in [-0.2, -0.15) is 6.07 Å². The van der Waals surface area contributed by atoms with Crippen LogP contribution in [0.25, 0.3) is 27.6 Å². The first kappa shape index (κ1) is 31.4. The van der Waals surface area contributed by atoms with Crippen LogP contribution in [0.4, 0.5) is 17.1 Å². The van der Waals surface area contributed by atoms with Gasteiger partial charge in [-0.3, -0.25) is 4.99 Å². The summed E-state index contributed by atoms with van der Waals surface area (Å²) in [6.07, 6.45) is 1.93. The third-order valence-electron chi connectivity index (χ3n) is 9.52. The first-order valence-corrected chi connectivity index (χ1v) is 16.1. The summed E-state index contributed by atoms with van der Waals surface area (Å²) in [4.78, 5) is 12.0. The maximum atomic E-state index is 5.99. The van der Waals surface area contributed by atoms with Gasteiger partial charge in [0, 0.05) is 17.4 Å². The number of hydrogen-bond donors (Lipinski definition) is 0. The molecule has 2 aliphatic heterocycles. The van der Waals surface area contributed by atoms with E-state index in [-0.39, 0.29) is 37.9 Å². The number of hydrogen-bond acceptors (Lipinski definition) is 4. The van der Waals surface area contributed by atoms with Crippen LogP contribution in [-0.4, -0.2) is 28.1 Å². The zero-order chi connectivity index (χ0) is 32.0. The van der Waals surface area contributed by atoms with Crippen LogP contribution in [0.15, 0.2) is 90.1 Å². The Morgan fingerprint density at radius 2 is 1.66 bits per heavy atom. The molecule has 2 aliphatic rings. The third-order valence-corrected chi connectivity index (χ3v) is 9.52. The fraction of sp³-hybridized carbons (Fsp3) is 0.268. The van der Waals surface area contributed by atoms with Gasteiger partial charge in [-0.25, -0.2) is 4.98 Å². The quantitative estimate of drug-likeness (QED) is 0.168. The van der Waals surface area contributed by atoms with Crippen LogP contribution in [0.2, 0.25) is 0 Å². The summed E-state index contributed by atoms with van der Waals surface area (Å²) in [5, 5.41) is 2.36.